The minimum absolute atomic E-state index is 0.0478. The number of thioether (sulfide) groups is 1. The van der Waals surface area contributed by atoms with Gasteiger partial charge in [-0.3, -0.25) is 0 Å². The van der Waals surface area contributed by atoms with Gasteiger partial charge in [-0.1, -0.05) is 54.6 Å². The predicted octanol–water partition coefficient (Wildman–Crippen LogP) is 8.92. The molecule has 0 spiro atoms. The Balaban J connectivity index is 1.37. The second kappa shape index (κ2) is 21.2. The summed E-state index contributed by atoms with van der Waals surface area (Å²) in [6.45, 7) is 13.4. The van der Waals surface area contributed by atoms with Crippen LogP contribution >= 0.6 is 34.7 Å². The van der Waals surface area contributed by atoms with E-state index < -0.39 is 35.4 Å². The van der Waals surface area contributed by atoms with Crippen molar-refractivity contribution in [1.29, 1.82) is 0 Å². The van der Waals surface area contributed by atoms with Crippen LogP contribution in [0.4, 0.5) is 26.8 Å². The highest BCUT2D eigenvalue weighted by Gasteiger charge is 2.26. The van der Waals surface area contributed by atoms with Crippen molar-refractivity contribution < 1.29 is 33.3 Å². The molecule has 0 aliphatic heterocycles. The molecule has 0 aliphatic rings. The smallest absolute Gasteiger partial charge is 0.408 e. The van der Waals surface area contributed by atoms with Gasteiger partial charge in [0.15, 0.2) is 5.82 Å². The highest BCUT2D eigenvalue weighted by Crippen LogP contribution is 2.42. The summed E-state index contributed by atoms with van der Waals surface area (Å²) in [5.41, 5.74) is 16.2. The fourth-order valence-corrected chi connectivity index (χ4v) is 7.17. The van der Waals surface area contributed by atoms with E-state index in [-0.39, 0.29) is 26.2 Å². The Kier molecular flexibility index (Phi) is 16.7. The number of halogens is 1. The van der Waals surface area contributed by atoms with Gasteiger partial charge < -0.3 is 46.4 Å². The first-order chi connectivity index (χ1) is 27.4. The molecule has 17 heteroatoms. The van der Waals surface area contributed by atoms with Crippen molar-refractivity contribution in [1.82, 2.24) is 20.6 Å². The van der Waals surface area contributed by atoms with Crippen molar-refractivity contribution in [2.45, 2.75) is 95.8 Å². The first-order valence-corrected chi connectivity index (χ1v) is 21.2. The fourth-order valence-electron chi connectivity index (χ4n) is 5.26. The van der Waals surface area contributed by atoms with Crippen LogP contribution in [-0.2, 0) is 24.8 Å². The van der Waals surface area contributed by atoms with Crippen LogP contribution in [0.25, 0.3) is 21.7 Å². The standard InChI is InChI=1S/C41H54ClN7O7S2/c1-8-19-45-34-32(43)31(33(44)36(49-34)58-24-28-23-57-35(47-28)26-11-15-27(42)16-12-26)25-13-17-29(18-14-25)53-21-22-54-37(50)30(48-39(52)56-41(5,6)7)10-9-20-46-38(51)55-40(2,3)4/h11-18,23,30H,8-10,19-22,24,43-44H2,1-7H3,(H,45,49)(H,46,51)(H,48,52)/t30-/m1/s1. The molecule has 0 bridgehead atoms. The van der Waals surface area contributed by atoms with Crippen molar-refractivity contribution in [2.75, 3.05) is 43.1 Å². The summed E-state index contributed by atoms with van der Waals surface area (Å²) in [5, 5.41) is 12.8. The van der Waals surface area contributed by atoms with Gasteiger partial charge in [-0.05, 0) is 90.6 Å². The number of alkyl carbamates (subject to hydrolysis) is 2. The molecule has 2 aromatic heterocycles. The Morgan fingerprint density at radius 1 is 0.862 bits per heavy atom. The number of ether oxygens (including phenoxy) is 4. The summed E-state index contributed by atoms with van der Waals surface area (Å²) in [6.07, 6.45) is 0.0888. The number of rotatable bonds is 18. The number of thiazole rings is 1. The van der Waals surface area contributed by atoms with E-state index in [1.54, 1.807) is 65.0 Å². The third kappa shape index (κ3) is 14.8. The van der Waals surface area contributed by atoms with Crippen LogP contribution in [0.2, 0.25) is 5.02 Å². The minimum Gasteiger partial charge on any atom is -0.490 e. The highest BCUT2D eigenvalue weighted by molar-refractivity contribution is 7.98. The second-order valence-electron chi connectivity index (χ2n) is 15.1. The summed E-state index contributed by atoms with van der Waals surface area (Å²) >= 11 is 9.10. The van der Waals surface area contributed by atoms with Crippen LogP contribution in [-0.4, -0.2) is 71.7 Å². The fraction of sp³-hybridized carbons (Fsp3) is 0.439. The van der Waals surface area contributed by atoms with Crippen LogP contribution in [0.3, 0.4) is 0 Å². The van der Waals surface area contributed by atoms with Gasteiger partial charge in [-0.2, -0.15) is 0 Å². The molecular formula is C41H54ClN7O7S2. The lowest BCUT2D eigenvalue weighted by Crippen LogP contribution is -2.45. The van der Waals surface area contributed by atoms with E-state index in [9.17, 15) is 14.4 Å². The number of hydrogen-bond acceptors (Lipinski definition) is 14. The number of nitrogens with zero attached hydrogens (tertiary/aromatic N) is 2. The number of pyridine rings is 1. The van der Waals surface area contributed by atoms with Gasteiger partial charge in [0.25, 0.3) is 0 Å². The number of amides is 2. The van der Waals surface area contributed by atoms with Crippen LogP contribution < -0.4 is 32.2 Å². The van der Waals surface area contributed by atoms with E-state index in [1.807, 2.05) is 41.8 Å². The minimum atomic E-state index is -1.01. The SMILES string of the molecule is CCCNc1nc(SCc2csc(-c3ccc(Cl)cc3)n2)c(N)c(-c2ccc(OCCOC(=O)[C@@H](CCCNC(=O)OC(C)(C)C)NC(=O)OC(C)(C)C)cc2)c1N. The van der Waals surface area contributed by atoms with Gasteiger partial charge in [0, 0.05) is 40.4 Å². The number of carbonyl (C=O) groups excluding carboxylic acids is 3. The predicted molar refractivity (Wildman–Crippen MR) is 232 cm³/mol. The molecule has 0 fully saturated rings. The molecule has 2 aromatic carbocycles. The summed E-state index contributed by atoms with van der Waals surface area (Å²) in [6, 6.07) is 13.8. The lowest BCUT2D eigenvalue weighted by molar-refractivity contribution is -0.147. The number of nitrogen functional groups attached to an aromatic ring is 2. The molecule has 14 nitrogen and oxygen atoms in total. The van der Waals surface area contributed by atoms with Crippen molar-refractivity contribution in [2.24, 2.45) is 0 Å². The van der Waals surface area contributed by atoms with Gasteiger partial charge in [0.2, 0.25) is 0 Å². The van der Waals surface area contributed by atoms with Gasteiger partial charge in [0.1, 0.15) is 46.2 Å². The lowest BCUT2D eigenvalue weighted by Gasteiger charge is -2.23. The molecule has 0 aliphatic carbocycles. The van der Waals surface area contributed by atoms with E-state index in [2.05, 4.69) is 22.9 Å². The summed E-state index contributed by atoms with van der Waals surface area (Å²) in [7, 11) is 0. The van der Waals surface area contributed by atoms with Crippen molar-refractivity contribution in [3.05, 3.63) is 64.6 Å². The number of nitrogens with two attached hydrogens (primary N) is 2. The largest absolute Gasteiger partial charge is 0.490 e. The first kappa shape index (κ1) is 45.8. The molecule has 0 unspecified atom stereocenters. The summed E-state index contributed by atoms with van der Waals surface area (Å²) in [5.74, 6) is 0.970. The van der Waals surface area contributed by atoms with E-state index in [1.165, 1.54) is 11.8 Å². The average Bonchev–Trinajstić information content (AvgIpc) is 3.62. The summed E-state index contributed by atoms with van der Waals surface area (Å²) < 4.78 is 21.9. The van der Waals surface area contributed by atoms with Crippen LogP contribution in [0, 0.1) is 0 Å². The Bertz CT molecular complexity index is 1980. The Morgan fingerprint density at radius 2 is 1.52 bits per heavy atom. The van der Waals surface area contributed by atoms with Gasteiger partial charge in [-0.25, -0.2) is 24.4 Å². The molecule has 4 rings (SSSR count). The van der Waals surface area contributed by atoms with E-state index in [0.717, 1.165) is 28.2 Å². The molecule has 4 aromatic rings. The highest BCUT2D eigenvalue weighted by atomic mass is 35.5. The number of esters is 1. The van der Waals surface area contributed by atoms with E-state index >= 15 is 0 Å². The molecular weight excluding hydrogens is 802 g/mol. The topological polar surface area (TPSA) is 202 Å². The summed E-state index contributed by atoms with van der Waals surface area (Å²) in [4.78, 5) is 47.2. The quantitative estimate of drug-likeness (QED) is 0.0275. The first-order valence-electron chi connectivity index (χ1n) is 18.9. The maximum Gasteiger partial charge on any atom is 0.408 e. The maximum absolute atomic E-state index is 13.1. The number of nitrogens with one attached hydrogen (secondary N) is 3. The molecule has 314 valence electrons. The third-order valence-electron chi connectivity index (χ3n) is 7.83. The Morgan fingerprint density at radius 3 is 2.17 bits per heavy atom. The molecule has 2 heterocycles. The zero-order chi connectivity index (χ0) is 42.5. The monoisotopic (exact) mass is 855 g/mol. The third-order valence-corrected chi connectivity index (χ3v) is 10.0. The molecule has 0 saturated heterocycles. The molecule has 2 amide bonds. The number of anilines is 3. The Hall–Kier alpha value is -4.93. The number of carbonyl (C=O) groups is 3. The van der Waals surface area contributed by atoms with Gasteiger partial charge >= 0.3 is 18.2 Å². The van der Waals surface area contributed by atoms with E-state index in [0.29, 0.717) is 57.3 Å². The zero-order valence-corrected chi connectivity index (χ0v) is 36.4. The van der Waals surface area contributed by atoms with Crippen molar-refractivity contribution in [3.63, 3.8) is 0 Å². The average molecular weight is 857 g/mol. The lowest BCUT2D eigenvalue weighted by atomic mass is 10.0. The van der Waals surface area contributed by atoms with Crippen molar-refractivity contribution in [3.8, 4) is 27.4 Å². The van der Waals surface area contributed by atoms with Crippen LogP contribution in [0.5, 0.6) is 5.75 Å². The normalized spacial score (nSPS) is 12.0. The molecule has 58 heavy (non-hydrogen) atoms. The van der Waals surface area contributed by atoms with Crippen molar-refractivity contribution >= 4 is 70.0 Å². The van der Waals surface area contributed by atoms with Crippen LogP contribution in [0.15, 0.2) is 58.9 Å². The van der Waals surface area contributed by atoms with Gasteiger partial charge in [0.05, 0.1) is 17.1 Å². The molecule has 0 saturated carbocycles. The van der Waals surface area contributed by atoms with E-state index in [4.69, 9.17) is 52.0 Å². The number of benzene rings is 2. The molecule has 7 N–H and O–H groups in total. The molecule has 1 atom stereocenters. The zero-order valence-electron chi connectivity index (χ0n) is 34.0. The molecule has 0 radical (unpaired) electrons. The maximum atomic E-state index is 13.1. The van der Waals surface area contributed by atoms with Crippen LogP contribution in [0.1, 0.15) is 73.4 Å². The number of aromatic nitrogens is 2. The Labute approximate surface area is 353 Å². The number of hydrogen-bond donors (Lipinski definition) is 5. The van der Waals surface area contributed by atoms with Gasteiger partial charge in [-0.15, -0.1) is 11.3 Å². The second-order valence-corrected chi connectivity index (χ2v) is 17.4.